The summed E-state index contributed by atoms with van der Waals surface area (Å²) >= 11 is 0. The largest absolute Gasteiger partial charge is 0.344 e. The van der Waals surface area contributed by atoms with Crippen LogP contribution < -0.4 is 5.32 Å². The van der Waals surface area contributed by atoms with Gasteiger partial charge in [-0.15, -0.1) is 0 Å². The predicted octanol–water partition coefficient (Wildman–Crippen LogP) is 2.55. The van der Waals surface area contributed by atoms with Crippen molar-refractivity contribution in [3.8, 4) is 0 Å². The molecule has 0 spiro atoms. The molecular formula is C15H27NO2. The molecule has 4 atom stereocenters. The molecule has 1 saturated heterocycles. The Kier molecular flexibility index (Phi) is 2.66. The summed E-state index contributed by atoms with van der Waals surface area (Å²) in [5.74, 6) is 1.07. The molecule has 1 aliphatic heterocycles. The van der Waals surface area contributed by atoms with E-state index in [4.69, 9.17) is 9.47 Å². The summed E-state index contributed by atoms with van der Waals surface area (Å²) in [4.78, 5) is 0. The fourth-order valence-corrected chi connectivity index (χ4v) is 4.74. The molecule has 0 aromatic heterocycles. The van der Waals surface area contributed by atoms with Crippen LogP contribution in [0.15, 0.2) is 0 Å². The van der Waals surface area contributed by atoms with E-state index < -0.39 is 5.79 Å². The average Bonchev–Trinajstić information content (AvgIpc) is 2.55. The van der Waals surface area contributed by atoms with Gasteiger partial charge in [0.1, 0.15) is 5.60 Å². The van der Waals surface area contributed by atoms with E-state index in [-0.39, 0.29) is 5.60 Å². The van der Waals surface area contributed by atoms with Crippen molar-refractivity contribution < 1.29 is 9.47 Å². The quantitative estimate of drug-likeness (QED) is 0.838. The average molecular weight is 253 g/mol. The molecule has 3 aliphatic carbocycles. The third-order valence-electron chi connectivity index (χ3n) is 5.73. The summed E-state index contributed by atoms with van der Waals surface area (Å²) < 4.78 is 12.7. The first-order valence-electron chi connectivity index (χ1n) is 7.34. The Bertz CT molecular complexity index is 352. The molecule has 0 aromatic rings. The van der Waals surface area contributed by atoms with E-state index in [0.717, 1.165) is 18.9 Å². The van der Waals surface area contributed by atoms with Crippen LogP contribution in [0.4, 0.5) is 0 Å². The van der Waals surface area contributed by atoms with Gasteiger partial charge in [-0.05, 0) is 64.0 Å². The highest BCUT2D eigenvalue weighted by molar-refractivity contribution is 5.17. The van der Waals surface area contributed by atoms with Gasteiger partial charge in [0.25, 0.3) is 0 Å². The van der Waals surface area contributed by atoms with E-state index in [1.165, 1.54) is 12.8 Å². The van der Waals surface area contributed by atoms with Crippen molar-refractivity contribution in [2.45, 2.75) is 64.4 Å². The van der Waals surface area contributed by atoms with Gasteiger partial charge in [-0.3, -0.25) is 0 Å². The van der Waals surface area contributed by atoms with E-state index in [9.17, 15) is 0 Å². The Labute approximate surface area is 111 Å². The maximum Gasteiger partial charge on any atom is 0.164 e. The Morgan fingerprint density at radius 1 is 1.17 bits per heavy atom. The number of nitrogens with one attached hydrogen (secondary N) is 1. The lowest BCUT2D eigenvalue weighted by atomic mass is 9.43. The van der Waals surface area contributed by atoms with E-state index in [2.05, 4.69) is 33.0 Å². The summed E-state index contributed by atoms with van der Waals surface area (Å²) in [6.45, 7) is 9.97. The van der Waals surface area contributed by atoms with Crippen molar-refractivity contribution in [3.63, 3.8) is 0 Å². The molecular weight excluding hydrogens is 226 g/mol. The minimum Gasteiger partial charge on any atom is -0.344 e. The van der Waals surface area contributed by atoms with Crippen molar-refractivity contribution in [3.05, 3.63) is 0 Å². The number of ether oxygens (including phenoxy) is 2. The van der Waals surface area contributed by atoms with Crippen molar-refractivity contribution in [1.82, 2.24) is 5.32 Å². The fourth-order valence-electron chi connectivity index (χ4n) is 4.74. The van der Waals surface area contributed by atoms with Gasteiger partial charge < -0.3 is 14.8 Å². The molecule has 3 nitrogen and oxygen atoms in total. The monoisotopic (exact) mass is 253 g/mol. The van der Waals surface area contributed by atoms with Gasteiger partial charge in [0.05, 0.1) is 6.10 Å². The molecule has 2 bridgehead atoms. The molecule has 4 fully saturated rings. The van der Waals surface area contributed by atoms with Crippen LogP contribution in [-0.2, 0) is 9.47 Å². The van der Waals surface area contributed by atoms with Crippen molar-refractivity contribution >= 4 is 0 Å². The first kappa shape index (κ1) is 12.9. The summed E-state index contributed by atoms with van der Waals surface area (Å²) in [6, 6.07) is 0. The summed E-state index contributed by atoms with van der Waals surface area (Å²) in [6.07, 6.45) is 3.87. The van der Waals surface area contributed by atoms with Crippen LogP contribution in [0.2, 0.25) is 0 Å². The predicted molar refractivity (Wildman–Crippen MR) is 71.3 cm³/mol. The molecule has 18 heavy (non-hydrogen) atoms. The third-order valence-corrected chi connectivity index (χ3v) is 5.73. The summed E-state index contributed by atoms with van der Waals surface area (Å²) in [7, 11) is 2.02. The zero-order valence-electron chi connectivity index (χ0n) is 12.4. The molecule has 0 aromatic carbocycles. The molecule has 1 N–H and O–H groups in total. The number of hydrogen-bond acceptors (Lipinski definition) is 3. The van der Waals surface area contributed by atoms with Crippen LogP contribution >= 0.6 is 0 Å². The highest BCUT2D eigenvalue weighted by atomic mass is 16.8. The van der Waals surface area contributed by atoms with Crippen molar-refractivity contribution in [1.29, 1.82) is 0 Å². The van der Waals surface area contributed by atoms with Crippen LogP contribution in [0, 0.1) is 17.3 Å². The number of hydrogen-bond donors (Lipinski definition) is 1. The second-order valence-electron chi connectivity index (χ2n) is 7.46. The minimum absolute atomic E-state index is 0.0508. The van der Waals surface area contributed by atoms with E-state index >= 15 is 0 Å². The normalized spacial score (nSPS) is 47.5. The lowest BCUT2D eigenvalue weighted by Crippen LogP contribution is -2.67. The molecule has 0 unspecified atom stereocenters. The van der Waals surface area contributed by atoms with Crippen LogP contribution in [0.5, 0.6) is 0 Å². The van der Waals surface area contributed by atoms with Crippen LogP contribution in [-0.4, -0.2) is 31.1 Å². The van der Waals surface area contributed by atoms with Gasteiger partial charge in [0.15, 0.2) is 5.79 Å². The Morgan fingerprint density at radius 2 is 1.89 bits per heavy atom. The maximum absolute atomic E-state index is 6.47. The van der Waals surface area contributed by atoms with Gasteiger partial charge in [-0.1, -0.05) is 13.8 Å². The molecule has 4 rings (SSSR count). The second kappa shape index (κ2) is 3.71. The minimum atomic E-state index is -0.411. The topological polar surface area (TPSA) is 30.5 Å². The molecule has 104 valence electrons. The van der Waals surface area contributed by atoms with Crippen LogP contribution in [0.1, 0.15) is 47.0 Å². The van der Waals surface area contributed by atoms with Crippen molar-refractivity contribution in [2.24, 2.45) is 17.3 Å². The maximum atomic E-state index is 6.47. The highest BCUT2D eigenvalue weighted by Gasteiger charge is 2.70. The number of rotatable bonds is 3. The second-order valence-corrected chi connectivity index (χ2v) is 7.46. The first-order valence-corrected chi connectivity index (χ1v) is 7.34. The standard InChI is InChI=1S/C15H27NO2/c1-13(2)10-8-11(13)15(6-7-16-5)12(9-10)17-14(3,4)18-15/h10-12,16H,6-9H2,1-5H3/t10-,11-,12+,15-/m1/s1. The SMILES string of the molecule is CNCC[C@]12OC(C)(C)O[C@H]1C[C@H]1C[C@@H]2C1(C)C. The lowest BCUT2D eigenvalue weighted by Gasteiger charge is -2.65. The first-order chi connectivity index (χ1) is 8.32. The highest BCUT2D eigenvalue weighted by Crippen LogP contribution is 2.67. The zero-order valence-corrected chi connectivity index (χ0v) is 12.4. The summed E-state index contributed by atoms with van der Waals surface area (Å²) in [5, 5.41) is 3.28. The van der Waals surface area contributed by atoms with E-state index in [1.54, 1.807) is 0 Å². The van der Waals surface area contributed by atoms with Crippen LogP contribution in [0.25, 0.3) is 0 Å². The smallest absolute Gasteiger partial charge is 0.164 e. The Balaban J connectivity index is 1.91. The Hall–Kier alpha value is -0.120. The molecule has 1 heterocycles. The van der Waals surface area contributed by atoms with Gasteiger partial charge in [0, 0.05) is 0 Å². The van der Waals surface area contributed by atoms with Crippen molar-refractivity contribution in [2.75, 3.05) is 13.6 Å². The molecule has 4 aliphatic rings. The molecule has 3 heteroatoms. The van der Waals surface area contributed by atoms with Crippen LogP contribution in [0.3, 0.4) is 0 Å². The van der Waals surface area contributed by atoms with E-state index in [1.807, 2.05) is 7.05 Å². The molecule has 0 radical (unpaired) electrons. The van der Waals surface area contributed by atoms with Gasteiger partial charge in [0.2, 0.25) is 0 Å². The molecule has 3 saturated carbocycles. The Morgan fingerprint density at radius 3 is 2.50 bits per heavy atom. The van der Waals surface area contributed by atoms with E-state index in [0.29, 0.717) is 17.4 Å². The lowest BCUT2D eigenvalue weighted by molar-refractivity contribution is -0.231. The zero-order chi connectivity index (χ0) is 13.2. The van der Waals surface area contributed by atoms with Gasteiger partial charge in [-0.2, -0.15) is 0 Å². The molecule has 0 amide bonds. The fraction of sp³-hybridized carbons (Fsp3) is 1.00. The summed E-state index contributed by atoms with van der Waals surface area (Å²) in [5.41, 5.74) is 0.374. The van der Waals surface area contributed by atoms with Gasteiger partial charge >= 0.3 is 0 Å². The third kappa shape index (κ3) is 1.53. The van der Waals surface area contributed by atoms with Gasteiger partial charge in [-0.25, -0.2) is 0 Å².